The Morgan fingerprint density at radius 3 is 2.64 bits per heavy atom. The highest BCUT2D eigenvalue weighted by Gasteiger charge is 2.23. The fraction of sp³-hybridized carbons (Fsp3) is 0.625. The summed E-state index contributed by atoms with van der Waals surface area (Å²) in [4.78, 5) is 25.5. The van der Waals surface area contributed by atoms with Crippen molar-refractivity contribution in [2.24, 2.45) is 0 Å². The molecule has 0 heterocycles. The number of rotatable bonds is 5. The third kappa shape index (κ3) is 3.57. The highest BCUT2D eigenvalue weighted by molar-refractivity contribution is 5.64. The second-order valence-electron chi connectivity index (χ2n) is 2.68. The van der Waals surface area contributed by atoms with Gasteiger partial charge in [0.25, 0.3) is 0 Å². The minimum atomic E-state index is -1.14. The molecular weight excluding hydrogens is 188 g/mol. The summed E-state index contributed by atoms with van der Waals surface area (Å²) in [6.45, 7) is 1.66. The van der Waals surface area contributed by atoms with Crippen molar-refractivity contribution < 1.29 is 19.5 Å². The van der Waals surface area contributed by atoms with Gasteiger partial charge >= 0.3 is 6.09 Å². The fourth-order valence-electron chi connectivity index (χ4n) is 0.993. The van der Waals surface area contributed by atoms with Crippen molar-refractivity contribution in [1.29, 1.82) is 0 Å². The lowest BCUT2D eigenvalue weighted by atomic mass is 10.2. The van der Waals surface area contributed by atoms with Crippen molar-refractivity contribution in [3.63, 3.8) is 0 Å². The summed E-state index contributed by atoms with van der Waals surface area (Å²) < 4.78 is 0. The molecule has 14 heavy (non-hydrogen) atoms. The van der Waals surface area contributed by atoms with Gasteiger partial charge in [0.2, 0.25) is 0 Å². The van der Waals surface area contributed by atoms with Crippen LogP contribution in [-0.2, 0) is 9.63 Å². The van der Waals surface area contributed by atoms with E-state index in [1.54, 1.807) is 12.9 Å². The van der Waals surface area contributed by atoms with E-state index in [0.717, 1.165) is 10.2 Å². The first-order valence-corrected chi connectivity index (χ1v) is 4.03. The number of hydroxylamine groups is 1. The van der Waals surface area contributed by atoms with E-state index in [0.29, 0.717) is 6.42 Å². The van der Waals surface area contributed by atoms with E-state index >= 15 is 0 Å². The lowest BCUT2D eigenvalue weighted by Gasteiger charge is -2.31. The van der Waals surface area contributed by atoms with Crippen LogP contribution in [0.2, 0.25) is 0 Å². The normalized spacial score (nSPS) is 12.0. The molecule has 1 amide bonds. The van der Waals surface area contributed by atoms with Crippen LogP contribution in [0.4, 0.5) is 4.79 Å². The van der Waals surface area contributed by atoms with Crippen molar-refractivity contribution in [2.75, 3.05) is 14.2 Å². The van der Waals surface area contributed by atoms with Crippen LogP contribution in [0.5, 0.6) is 0 Å². The molecule has 0 fully saturated rings. The number of carboxylic acid groups (broad SMARTS) is 1. The summed E-state index contributed by atoms with van der Waals surface area (Å²) in [6, 6.07) is -0.376. The standard InChI is InChI=1S/C8H14N2O4/c1-7(5-4-6-11)10(8(12)13)9(2)14-3/h4,7H,5H2,1-3H3,(H,12,13). The van der Waals surface area contributed by atoms with Crippen molar-refractivity contribution in [3.05, 3.63) is 6.08 Å². The lowest BCUT2D eigenvalue weighted by molar-refractivity contribution is -0.242. The van der Waals surface area contributed by atoms with E-state index in [4.69, 9.17) is 9.94 Å². The zero-order valence-corrected chi connectivity index (χ0v) is 8.43. The van der Waals surface area contributed by atoms with Crippen LogP contribution in [0.3, 0.4) is 0 Å². The molecule has 0 saturated carbocycles. The second kappa shape index (κ2) is 6.15. The predicted octanol–water partition coefficient (Wildman–Crippen LogP) is 0.541. The Kier molecular flexibility index (Phi) is 5.55. The van der Waals surface area contributed by atoms with Crippen LogP contribution in [-0.4, -0.2) is 47.5 Å². The van der Waals surface area contributed by atoms with Crippen molar-refractivity contribution in [1.82, 2.24) is 10.2 Å². The molecule has 0 aliphatic carbocycles. The van der Waals surface area contributed by atoms with Crippen LogP contribution in [0, 0.1) is 0 Å². The predicted molar refractivity (Wildman–Crippen MR) is 49.0 cm³/mol. The molecule has 80 valence electrons. The van der Waals surface area contributed by atoms with Gasteiger partial charge in [0, 0.05) is 13.1 Å². The molecule has 0 aliphatic heterocycles. The average Bonchev–Trinajstić information content (AvgIpc) is 2.14. The van der Waals surface area contributed by atoms with Crippen molar-refractivity contribution in [3.8, 4) is 0 Å². The van der Waals surface area contributed by atoms with Gasteiger partial charge in [-0.2, -0.15) is 0 Å². The van der Waals surface area contributed by atoms with Gasteiger partial charge in [-0.25, -0.2) is 14.6 Å². The van der Waals surface area contributed by atoms with E-state index in [1.165, 1.54) is 20.2 Å². The molecule has 0 radical (unpaired) electrons. The van der Waals surface area contributed by atoms with Crippen molar-refractivity contribution >= 4 is 12.0 Å². The number of amides is 1. The van der Waals surface area contributed by atoms with Crippen molar-refractivity contribution in [2.45, 2.75) is 19.4 Å². The summed E-state index contributed by atoms with van der Waals surface area (Å²) in [6.07, 6.45) is 0.397. The van der Waals surface area contributed by atoms with E-state index < -0.39 is 6.09 Å². The first-order valence-electron chi connectivity index (χ1n) is 4.03. The zero-order valence-electron chi connectivity index (χ0n) is 8.43. The Bertz CT molecular complexity index is 237. The maximum atomic E-state index is 10.8. The van der Waals surface area contributed by atoms with Gasteiger partial charge in [0.15, 0.2) is 0 Å². The summed E-state index contributed by atoms with van der Waals surface area (Å²) in [5.41, 5.74) is 0. The Labute approximate surface area is 82.3 Å². The van der Waals surface area contributed by atoms with E-state index in [9.17, 15) is 9.59 Å². The minimum Gasteiger partial charge on any atom is -0.464 e. The van der Waals surface area contributed by atoms with Gasteiger partial charge in [-0.15, -0.1) is 0 Å². The zero-order chi connectivity index (χ0) is 11.1. The molecule has 0 aromatic carbocycles. The van der Waals surface area contributed by atoms with Crippen LogP contribution in [0.15, 0.2) is 6.08 Å². The number of hydrogen-bond acceptors (Lipinski definition) is 4. The summed E-state index contributed by atoms with van der Waals surface area (Å²) in [7, 11) is 2.83. The maximum absolute atomic E-state index is 10.8. The summed E-state index contributed by atoms with van der Waals surface area (Å²) in [5, 5.41) is 10.9. The largest absolute Gasteiger partial charge is 0.464 e. The summed E-state index contributed by atoms with van der Waals surface area (Å²) in [5.74, 6) is 1.60. The summed E-state index contributed by atoms with van der Waals surface area (Å²) >= 11 is 0. The highest BCUT2D eigenvalue weighted by Crippen LogP contribution is 2.07. The van der Waals surface area contributed by atoms with Crippen LogP contribution >= 0.6 is 0 Å². The molecular formula is C8H14N2O4. The van der Waals surface area contributed by atoms with Gasteiger partial charge in [0.05, 0.1) is 13.2 Å². The number of hydrazine groups is 1. The number of carbonyl (C=O) groups excluding carboxylic acids is 1. The molecule has 6 nitrogen and oxygen atoms in total. The Morgan fingerprint density at radius 1 is 1.71 bits per heavy atom. The topological polar surface area (TPSA) is 70.1 Å². The molecule has 0 spiro atoms. The number of hydrogen-bond donors (Lipinski definition) is 1. The van der Waals surface area contributed by atoms with Crippen LogP contribution in [0.25, 0.3) is 0 Å². The average molecular weight is 202 g/mol. The molecule has 0 aliphatic rings. The lowest BCUT2D eigenvalue weighted by Crippen LogP contribution is -2.48. The molecule has 0 bridgehead atoms. The fourth-order valence-corrected chi connectivity index (χ4v) is 0.993. The third-order valence-electron chi connectivity index (χ3n) is 1.72. The van der Waals surface area contributed by atoms with Gasteiger partial charge in [-0.05, 0) is 13.3 Å². The monoisotopic (exact) mass is 202 g/mol. The Hall–Kier alpha value is -1.36. The van der Waals surface area contributed by atoms with E-state index in [-0.39, 0.29) is 6.04 Å². The van der Waals surface area contributed by atoms with Gasteiger partial charge < -0.3 is 5.11 Å². The van der Waals surface area contributed by atoms with Gasteiger partial charge in [-0.3, -0.25) is 4.84 Å². The van der Waals surface area contributed by atoms with Gasteiger partial charge in [0.1, 0.15) is 5.94 Å². The first-order chi connectivity index (χ1) is 6.54. The molecule has 0 saturated heterocycles. The Balaban J connectivity index is 4.47. The first kappa shape index (κ1) is 12.6. The highest BCUT2D eigenvalue weighted by atomic mass is 16.7. The molecule has 0 aromatic rings. The number of nitrogens with zero attached hydrogens (tertiary/aromatic N) is 2. The molecule has 0 aromatic heterocycles. The molecule has 1 unspecified atom stereocenters. The molecule has 1 atom stereocenters. The maximum Gasteiger partial charge on any atom is 0.424 e. The van der Waals surface area contributed by atoms with E-state index in [2.05, 4.69) is 0 Å². The SMILES string of the molecule is CON(C)N(C(=O)O)C(C)CC=C=O. The molecule has 0 rings (SSSR count). The minimum absolute atomic E-state index is 0.295. The second-order valence-corrected chi connectivity index (χ2v) is 2.68. The quantitative estimate of drug-likeness (QED) is 0.520. The Morgan fingerprint density at radius 2 is 2.29 bits per heavy atom. The van der Waals surface area contributed by atoms with E-state index in [1.807, 2.05) is 0 Å². The number of carbonyl (C=O) groups is 1. The van der Waals surface area contributed by atoms with Crippen LogP contribution in [0.1, 0.15) is 13.3 Å². The van der Waals surface area contributed by atoms with Crippen LogP contribution < -0.4 is 0 Å². The molecule has 1 N–H and O–H groups in total. The smallest absolute Gasteiger partial charge is 0.424 e. The molecule has 6 heteroatoms. The van der Waals surface area contributed by atoms with Gasteiger partial charge in [-0.1, -0.05) is 5.17 Å². The third-order valence-corrected chi connectivity index (χ3v) is 1.72.